The molecule has 148 valence electrons. The zero-order valence-corrected chi connectivity index (χ0v) is 16.2. The maximum Gasteiger partial charge on any atom is 0.335 e. The summed E-state index contributed by atoms with van der Waals surface area (Å²) in [5.41, 5.74) is 0.551. The standard InChI is InChI=1S/C8H15N2.2C7H6O2/c1-3-4-5-10-7-6-9(2)8-10;2*8-7(9)6-4-2-1-3-5-6/h6-8H,3-5H2,1-2H3;2*1-5H,(H,8,9)/q+1;;/p-1. The van der Waals surface area contributed by atoms with Crippen LogP contribution in [0.4, 0.5) is 0 Å². The van der Waals surface area contributed by atoms with E-state index in [4.69, 9.17) is 5.11 Å². The third-order valence-electron chi connectivity index (χ3n) is 3.62. The molecule has 0 aliphatic heterocycles. The molecule has 28 heavy (non-hydrogen) atoms. The predicted octanol–water partition coefficient (Wildman–Crippen LogP) is 2.55. The third kappa shape index (κ3) is 9.33. The summed E-state index contributed by atoms with van der Waals surface area (Å²) in [6.07, 6.45) is 8.82. The Morgan fingerprint density at radius 1 is 1.00 bits per heavy atom. The number of carbonyl (C=O) groups is 2. The molecule has 0 fully saturated rings. The van der Waals surface area contributed by atoms with Gasteiger partial charge >= 0.3 is 5.97 Å². The molecule has 0 aliphatic rings. The first-order valence-electron chi connectivity index (χ1n) is 8.99. The SMILES string of the molecule is CCCCn1cc[n+](C)c1.O=C(O)c1ccccc1.O=C([O-])c1ccccc1. The van der Waals surface area contributed by atoms with Crippen molar-refractivity contribution < 1.29 is 24.4 Å². The normalized spacial score (nSPS) is 9.36. The molecule has 6 nitrogen and oxygen atoms in total. The van der Waals surface area contributed by atoms with Crippen molar-refractivity contribution >= 4 is 11.9 Å². The average molecular weight is 382 g/mol. The molecule has 0 atom stereocenters. The molecule has 0 bridgehead atoms. The number of carboxylic acids is 2. The van der Waals surface area contributed by atoms with Crippen LogP contribution in [0, 0.1) is 0 Å². The number of benzene rings is 2. The molecule has 0 saturated heterocycles. The molecule has 1 N–H and O–H groups in total. The second-order valence-corrected chi connectivity index (χ2v) is 6.00. The Balaban J connectivity index is 0.000000210. The molecule has 0 amide bonds. The smallest absolute Gasteiger partial charge is 0.335 e. The number of aromatic carboxylic acids is 2. The van der Waals surface area contributed by atoms with Crippen LogP contribution < -0.4 is 9.67 Å². The Kier molecular flexibility index (Phi) is 10.4. The maximum absolute atomic E-state index is 10.2. The highest BCUT2D eigenvalue weighted by Gasteiger charge is 1.97. The number of hydrogen-bond donors (Lipinski definition) is 1. The highest BCUT2D eigenvalue weighted by atomic mass is 16.4. The number of aromatic nitrogens is 2. The van der Waals surface area contributed by atoms with E-state index in [9.17, 15) is 14.7 Å². The Hall–Kier alpha value is -3.41. The van der Waals surface area contributed by atoms with Crippen molar-refractivity contribution in [1.82, 2.24) is 4.57 Å². The molecule has 0 spiro atoms. The molecule has 0 radical (unpaired) electrons. The Bertz CT molecular complexity index is 781. The van der Waals surface area contributed by atoms with Crippen LogP contribution in [0.5, 0.6) is 0 Å². The quantitative estimate of drug-likeness (QED) is 0.687. The lowest BCUT2D eigenvalue weighted by Gasteiger charge is -1.97. The van der Waals surface area contributed by atoms with E-state index in [-0.39, 0.29) is 5.56 Å². The van der Waals surface area contributed by atoms with E-state index in [0.29, 0.717) is 5.56 Å². The maximum atomic E-state index is 10.2. The van der Waals surface area contributed by atoms with Crippen LogP contribution in [0.1, 0.15) is 40.5 Å². The van der Waals surface area contributed by atoms with E-state index in [2.05, 4.69) is 34.8 Å². The summed E-state index contributed by atoms with van der Waals surface area (Å²) in [7, 11) is 2.04. The highest BCUT2D eigenvalue weighted by Crippen LogP contribution is 1.96. The van der Waals surface area contributed by atoms with Crippen LogP contribution in [0.3, 0.4) is 0 Å². The molecule has 0 unspecified atom stereocenters. The van der Waals surface area contributed by atoms with Gasteiger partial charge in [0.2, 0.25) is 6.33 Å². The molecule has 2 aromatic carbocycles. The van der Waals surface area contributed by atoms with Crippen molar-refractivity contribution in [2.24, 2.45) is 7.05 Å². The molecule has 0 saturated carbocycles. The Labute approximate surface area is 165 Å². The van der Waals surface area contributed by atoms with Gasteiger partial charge in [-0.15, -0.1) is 0 Å². The number of carbonyl (C=O) groups excluding carboxylic acids is 1. The van der Waals surface area contributed by atoms with Gasteiger partial charge in [-0.25, -0.2) is 13.9 Å². The molecular formula is C22H26N2O4. The first kappa shape index (κ1) is 22.6. The zero-order chi connectivity index (χ0) is 20.8. The number of imidazole rings is 1. The van der Waals surface area contributed by atoms with Gasteiger partial charge in [0.25, 0.3) is 0 Å². The predicted molar refractivity (Wildman–Crippen MR) is 105 cm³/mol. The van der Waals surface area contributed by atoms with Gasteiger partial charge in [-0.05, 0) is 24.1 Å². The molecular weight excluding hydrogens is 356 g/mol. The fourth-order valence-electron chi connectivity index (χ4n) is 2.13. The van der Waals surface area contributed by atoms with Crippen molar-refractivity contribution in [3.8, 4) is 0 Å². The van der Waals surface area contributed by atoms with Gasteiger partial charge in [-0.1, -0.05) is 61.9 Å². The largest absolute Gasteiger partial charge is 0.545 e. The zero-order valence-electron chi connectivity index (χ0n) is 16.2. The lowest BCUT2D eigenvalue weighted by Crippen LogP contribution is -2.23. The lowest BCUT2D eigenvalue weighted by molar-refractivity contribution is -0.671. The molecule has 0 aliphatic carbocycles. The second-order valence-electron chi connectivity index (χ2n) is 6.00. The highest BCUT2D eigenvalue weighted by molar-refractivity contribution is 5.87. The van der Waals surface area contributed by atoms with E-state index < -0.39 is 11.9 Å². The minimum absolute atomic E-state index is 0.220. The fraction of sp³-hybridized carbons (Fsp3) is 0.227. The monoisotopic (exact) mass is 382 g/mol. The van der Waals surface area contributed by atoms with E-state index in [1.54, 1.807) is 48.5 Å². The topological polar surface area (TPSA) is 86.2 Å². The van der Waals surface area contributed by atoms with Crippen molar-refractivity contribution in [3.63, 3.8) is 0 Å². The summed E-state index contributed by atoms with van der Waals surface area (Å²) >= 11 is 0. The van der Waals surface area contributed by atoms with Crippen LogP contribution in [0.2, 0.25) is 0 Å². The van der Waals surface area contributed by atoms with Crippen LogP contribution in [-0.4, -0.2) is 21.6 Å². The number of rotatable bonds is 5. The summed E-state index contributed by atoms with van der Waals surface area (Å²) in [6, 6.07) is 16.4. The Morgan fingerprint density at radius 2 is 1.54 bits per heavy atom. The summed E-state index contributed by atoms with van der Waals surface area (Å²) in [5, 5.41) is 18.5. The van der Waals surface area contributed by atoms with Gasteiger partial charge < -0.3 is 15.0 Å². The van der Waals surface area contributed by atoms with Crippen molar-refractivity contribution in [3.05, 3.63) is 90.5 Å². The second kappa shape index (κ2) is 12.9. The minimum atomic E-state index is -1.13. The first-order valence-corrected chi connectivity index (χ1v) is 8.99. The summed E-state index contributed by atoms with van der Waals surface area (Å²) in [5.74, 6) is -2.01. The number of hydrogen-bond acceptors (Lipinski definition) is 3. The molecule has 3 aromatic rings. The minimum Gasteiger partial charge on any atom is -0.545 e. The average Bonchev–Trinajstić information content (AvgIpc) is 3.14. The van der Waals surface area contributed by atoms with Gasteiger partial charge in [0.1, 0.15) is 12.4 Å². The van der Waals surface area contributed by atoms with Gasteiger partial charge in [0.05, 0.1) is 25.1 Å². The summed E-state index contributed by atoms with van der Waals surface area (Å²) in [4.78, 5) is 20.3. The van der Waals surface area contributed by atoms with E-state index in [1.165, 1.54) is 25.0 Å². The number of nitrogens with zero attached hydrogens (tertiary/aromatic N) is 2. The van der Waals surface area contributed by atoms with E-state index in [1.807, 2.05) is 7.05 Å². The van der Waals surface area contributed by atoms with Crippen LogP contribution in [0.15, 0.2) is 79.4 Å². The van der Waals surface area contributed by atoms with Crippen molar-refractivity contribution in [2.45, 2.75) is 26.3 Å². The van der Waals surface area contributed by atoms with Gasteiger partial charge in [-0.2, -0.15) is 0 Å². The van der Waals surface area contributed by atoms with Crippen LogP contribution in [-0.2, 0) is 13.6 Å². The summed E-state index contributed by atoms with van der Waals surface area (Å²) < 4.78 is 4.28. The molecule has 6 heteroatoms. The van der Waals surface area contributed by atoms with Gasteiger partial charge in [-0.3, -0.25) is 0 Å². The van der Waals surface area contributed by atoms with Gasteiger partial charge in [0.15, 0.2) is 0 Å². The van der Waals surface area contributed by atoms with Gasteiger partial charge in [0, 0.05) is 0 Å². The number of aryl methyl sites for hydroxylation is 2. The molecule has 3 rings (SSSR count). The van der Waals surface area contributed by atoms with Crippen molar-refractivity contribution in [1.29, 1.82) is 0 Å². The molecule has 1 aromatic heterocycles. The van der Waals surface area contributed by atoms with E-state index in [0.717, 1.165) is 6.54 Å². The Morgan fingerprint density at radius 3 is 1.86 bits per heavy atom. The van der Waals surface area contributed by atoms with Crippen LogP contribution >= 0.6 is 0 Å². The fourth-order valence-corrected chi connectivity index (χ4v) is 2.13. The number of unbranched alkanes of at least 4 members (excludes halogenated alkanes) is 1. The third-order valence-corrected chi connectivity index (χ3v) is 3.62. The first-order chi connectivity index (χ1) is 13.4. The van der Waals surface area contributed by atoms with E-state index >= 15 is 0 Å². The summed E-state index contributed by atoms with van der Waals surface area (Å²) in [6.45, 7) is 3.36. The van der Waals surface area contributed by atoms with Crippen molar-refractivity contribution in [2.75, 3.05) is 0 Å². The number of carboxylic acid groups (broad SMARTS) is 2. The molecule has 1 heterocycles. The lowest BCUT2D eigenvalue weighted by atomic mass is 10.2. The van der Waals surface area contributed by atoms with Crippen LogP contribution in [0.25, 0.3) is 0 Å².